The maximum atomic E-state index is 8.54. The molecule has 1 unspecified atom stereocenters. The number of hydrogen-bond donors (Lipinski definition) is 1. The Bertz CT molecular complexity index is 145. The summed E-state index contributed by atoms with van der Waals surface area (Å²) in [6.07, 6.45) is 7.21. The van der Waals surface area contributed by atoms with Gasteiger partial charge in [0.05, 0.1) is 0 Å². The van der Waals surface area contributed by atoms with Crippen molar-refractivity contribution in [3.63, 3.8) is 0 Å². The first-order valence-corrected chi connectivity index (χ1v) is 3.32. The summed E-state index contributed by atoms with van der Waals surface area (Å²) in [4.78, 5) is 0. The lowest BCUT2D eigenvalue weighted by molar-refractivity contribution is 0.300. The van der Waals surface area contributed by atoms with Gasteiger partial charge in [-0.2, -0.15) is 0 Å². The van der Waals surface area contributed by atoms with Crippen LogP contribution in [0.5, 0.6) is 0 Å². The maximum absolute atomic E-state index is 8.54. The summed E-state index contributed by atoms with van der Waals surface area (Å²) in [5.74, 6) is 0.576. The first kappa shape index (κ1) is 6.56. The number of hydrogen-bond acceptors (Lipinski definition) is 1. The SMILES string of the molecule is CC1C=CC(CCO)=C1. The van der Waals surface area contributed by atoms with Gasteiger partial charge in [-0.25, -0.2) is 0 Å². The lowest BCUT2D eigenvalue weighted by atomic mass is 10.2. The van der Waals surface area contributed by atoms with Crippen molar-refractivity contribution in [3.05, 3.63) is 23.8 Å². The summed E-state index contributed by atoms with van der Waals surface area (Å²) in [5, 5.41) is 8.54. The van der Waals surface area contributed by atoms with Crippen molar-refractivity contribution in [2.45, 2.75) is 13.3 Å². The van der Waals surface area contributed by atoms with E-state index in [1.807, 2.05) is 0 Å². The second-order valence-electron chi connectivity index (χ2n) is 2.43. The molecule has 0 aromatic rings. The lowest BCUT2D eigenvalue weighted by Gasteiger charge is -1.92. The van der Waals surface area contributed by atoms with Crippen LogP contribution in [-0.4, -0.2) is 11.7 Å². The van der Waals surface area contributed by atoms with Crippen molar-refractivity contribution >= 4 is 0 Å². The molecule has 1 heteroatoms. The molecular formula is C8H12O. The zero-order chi connectivity index (χ0) is 6.69. The van der Waals surface area contributed by atoms with Crippen molar-refractivity contribution in [2.24, 2.45) is 5.92 Å². The molecule has 0 aromatic heterocycles. The normalized spacial score (nSPS) is 24.7. The van der Waals surface area contributed by atoms with Gasteiger partial charge in [0.25, 0.3) is 0 Å². The van der Waals surface area contributed by atoms with Crippen LogP contribution in [0, 0.1) is 5.92 Å². The zero-order valence-electron chi connectivity index (χ0n) is 5.67. The minimum Gasteiger partial charge on any atom is -0.396 e. The van der Waals surface area contributed by atoms with E-state index in [-0.39, 0.29) is 6.61 Å². The van der Waals surface area contributed by atoms with Crippen LogP contribution in [0.4, 0.5) is 0 Å². The van der Waals surface area contributed by atoms with E-state index in [2.05, 4.69) is 25.2 Å². The molecule has 0 aromatic carbocycles. The van der Waals surface area contributed by atoms with Crippen LogP contribution in [0.25, 0.3) is 0 Å². The minimum atomic E-state index is 0.267. The van der Waals surface area contributed by atoms with Gasteiger partial charge in [-0.3, -0.25) is 0 Å². The summed E-state index contributed by atoms with van der Waals surface area (Å²) in [6.45, 7) is 2.41. The summed E-state index contributed by atoms with van der Waals surface area (Å²) < 4.78 is 0. The molecule has 0 spiro atoms. The first-order chi connectivity index (χ1) is 4.33. The van der Waals surface area contributed by atoms with Crippen LogP contribution in [0.1, 0.15) is 13.3 Å². The molecule has 9 heavy (non-hydrogen) atoms. The average Bonchev–Trinajstić information content (AvgIpc) is 2.17. The third kappa shape index (κ3) is 1.68. The van der Waals surface area contributed by atoms with Gasteiger partial charge in [0.2, 0.25) is 0 Å². The van der Waals surface area contributed by atoms with Crippen molar-refractivity contribution in [2.75, 3.05) is 6.61 Å². The number of allylic oxidation sites excluding steroid dienone is 3. The van der Waals surface area contributed by atoms with Crippen LogP contribution in [0.3, 0.4) is 0 Å². The van der Waals surface area contributed by atoms with Gasteiger partial charge < -0.3 is 5.11 Å². The zero-order valence-corrected chi connectivity index (χ0v) is 5.67. The van der Waals surface area contributed by atoms with E-state index in [9.17, 15) is 0 Å². The highest BCUT2D eigenvalue weighted by Gasteiger charge is 2.01. The second kappa shape index (κ2) is 2.83. The number of rotatable bonds is 2. The standard InChI is InChI=1S/C8H12O/c1-7-2-3-8(6-7)4-5-9/h2-3,6-7,9H,4-5H2,1H3. The largest absolute Gasteiger partial charge is 0.396 e. The van der Waals surface area contributed by atoms with Gasteiger partial charge >= 0.3 is 0 Å². The molecule has 0 saturated carbocycles. The van der Waals surface area contributed by atoms with E-state index < -0.39 is 0 Å². The third-order valence-corrected chi connectivity index (χ3v) is 1.49. The van der Waals surface area contributed by atoms with E-state index in [4.69, 9.17) is 5.11 Å². The summed E-state index contributed by atoms with van der Waals surface area (Å²) in [7, 11) is 0. The Balaban J connectivity index is 2.44. The minimum absolute atomic E-state index is 0.267. The number of aliphatic hydroxyl groups is 1. The molecule has 1 nitrogen and oxygen atoms in total. The second-order valence-corrected chi connectivity index (χ2v) is 2.43. The van der Waals surface area contributed by atoms with Crippen LogP contribution < -0.4 is 0 Å². The van der Waals surface area contributed by atoms with Gasteiger partial charge in [0.15, 0.2) is 0 Å². The number of aliphatic hydroxyl groups excluding tert-OH is 1. The highest BCUT2D eigenvalue weighted by molar-refractivity contribution is 5.28. The molecule has 0 fully saturated rings. The van der Waals surface area contributed by atoms with E-state index in [0.717, 1.165) is 6.42 Å². The fraction of sp³-hybridized carbons (Fsp3) is 0.500. The Morgan fingerprint density at radius 1 is 1.67 bits per heavy atom. The monoisotopic (exact) mass is 124 g/mol. The van der Waals surface area contributed by atoms with Crippen molar-refractivity contribution in [1.29, 1.82) is 0 Å². The molecule has 0 heterocycles. The van der Waals surface area contributed by atoms with Crippen molar-refractivity contribution in [3.8, 4) is 0 Å². The van der Waals surface area contributed by atoms with Crippen molar-refractivity contribution < 1.29 is 5.11 Å². The lowest BCUT2D eigenvalue weighted by Crippen LogP contribution is -1.83. The van der Waals surface area contributed by atoms with Crippen molar-refractivity contribution in [1.82, 2.24) is 0 Å². The molecule has 0 aliphatic heterocycles. The molecule has 0 radical (unpaired) electrons. The smallest absolute Gasteiger partial charge is 0.0471 e. The summed E-state index contributed by atoms with van der Waals surface area (Å²) >= 11 is 0. The first-order valence-electron chi connectivity index (χ1n) is 3.32. The molecule has 0 bridgehead atoms. The fourth-order valence-electron chi connectivity index (χ4n) is 1.02. The van der Waals surface area contributed by atoms with Crippen LogP contribution in [-0.2, 0) is 0 Å². The molecule has 1 rings (SSSR count). The topological polar surface area (TPSA) is 20.2 Å². The molecule has 1 aliphatic carbocycles. The van der Waals surface area contributed by atoms with E-state index >= 15 is 0 Å². The Hall–Kier alpha value is -0.560. The fourth-order valence-corrected chi connectivity index (χ4v) is 1.02. The quantitative estimate of drug-likeness (QED) is 0.591. The Labute approximate surface area is 55.7 Å². The van der Waals surface area contributed by atoms with Gasteiger partial charge in [-0.1, -0.05) is 25.2 Å². The molecule has 1 aliphatic rings. The van der Waals surface area contributed by atoms with Gasteiger partial charge in [-0.05, 0) is 17.9 Å². The predicted octanol–water partition coefficient (Wildman–Crippen LogP) is 1.50. The highest BCUT2D eigenvalue weighted by Crippen LogP contribution is 2.16. The van der Waals surface area contributed by atoms with Gasteiger partial charge in [0, 0.05) is 6.61 Å². The Kier molecular flexibility index (Phi) is 2.06. The van der Waals surface area contributed by atoms with Crippen LogP contribution in [0.2, 0.25) is 0 Å². The average molecular weight is 124 g/mol. The molecule has 50 valence electrons. The molecule has 0 saturated heterocycles. The van der Waals surface area contributed by atoms with Crippen LogP contribution in [0.15, 0.2) is 23.8 Å². The van der Waals surface area contributed by atoms with Gasteiger partial charge in [-0.15, -0.1) is 0 Å². The Morgan fingerprint density at radius 3 is 2.89 bits per heavy atom. The maximum Gasteiger partial charge on any atom is 0.0471 e. The Morgan fingerprint density at radius 2 is 2.44 bits per heavy atom. The van der Waals surface area contributed by atoms with Crippen LogP contribution >= 0.6 is 0 Å². The molecule has 0 amide bonds. The third-order valence-electron chi connectivity index (χ3n) is 1.49. The molecular weight excluding hydrogens is 112 g/mol. The molecule has 1 N–H and O–H groups in total. The van der Waals surface area contributed by atoms with E-state index in [1.165, 1.54) is 5.57 Å². The van der Waals surface area contributed by atoms with E-state index in [0.29, 0.717) is 5.92 Å². The van der Waals surface area contributed by atoms with E-state index in [1.54, 1.807) is 0 Å². The highest BCUT2D eigenvalue weighted by atomic mass is 16.2. The summed E-state index contributed by atoms with van der Waals surface area (Å²) in [6, 6.07) is 0. The predicted molar refractivity (Wildman–Crippen MR) is 38.1 cm³/mol. The summed E-state index contributed by atoms with van der Waals surface area (Å²) in [5.41, 5.74) is 1.27. The van der Waals surface area contributed by atoms with Gasteiger partial charge in [0.1, 0.15) is 0 Å². The molecule has 1 atom stereocenters.